The van der Waals surface area contributed by atoms with Crippen LogP contribution in [0.1, 0.15) is 29.6 Å². The van der Waals surface area contributed by atoms with E-state index in [4.69, 9.17) is 17.3 Å². The highest BCUT2D eigenvalue weighted by molar-refractivity contribution is 8.00. The van der Waals surface area contributed by atoms with Gasteiger partial charge >= 0.3 is 0 Å². The Bertz CT molecular complexity index is 457. The number of halogens is 1. The van der Waals surface area contributed by atoms with Gasteiger partial charge in [-0.15, -0.1) is 0 Å². The van der Waals surface area contributed by atoms with Gasteiger partial charge < -0.3 is 11.1 Å². The third kappa shape index (κ3) is 2.72. The zero-order valence-electron chi connectivity index (χ0n) is 10.2. The molecule has 0 aliphatic heterocycles. The van der Waals surface area contributed by atoms with Crippen molar-refractivity contribution in [2.75, 3.05) is 18.5 Å². The number of thioether (sulfide) groups is 1. The number of amides is 1. The molecule has 1 aromatic heterocycles. The molecule has 1 heterocycles. The molecule has 0 unspecified atom stereocenters. The zero-order chi connectivity index (χ0) is 13.2. The molecule has 1 aliphatic rings. The van der Waals surface area contributed by atoms with E-state index in [2.05, 4.69) is 16.6 Å². The van der Waals surface area contributed by atoms with Crippen molar-refractivity contribution in [2.45, 2.75) is 24.0 Å². The minimum atomic E-state index is -0.148. The number of carbonyl (C=O) groups is 1. The van der Waals surface area contributed by atoms with Gasteiger partial charge in [0.25, 0.3) is 5.91 Å². The van der Waals surface area contributed by atoms with Gasteiger partial charge in [-0.25, -0.2) is 4.98 Å². The summed E-state index contributed by atoms with van der Waals surface area (Å²) in [6, 6.07) is 1.55. The standard InChI is InChI=1S/C12H16ClN3OS/c1-18-12(3-2-4-12)7-16-11(17)8-5-9(13)10(14)15-6-8/h5-6H,2-4,7H2,1H3,(H2,14,15)(H,16,17). The van der Waals surface area contributed by atoms with Gasteiger partial charge in [-0.1, -0.05) is 18.0 Å². The number of rotatable bonds is 4. The number of hydrogen-bond donors (Lipinski definition) is 2. The van der Waals surface area contributed by atoms with Crippen molar-refractivity contribution < 1.29 is 4.79 Å². The molecular formula is C12H16ClN3OS. The van der Waals surface area contributed by atoms with Crippen molar-refractivity contribution in [2.24, 2.45) is 0 Å². The van der Waals surface area contributed by atoms with Gasteiger partial charge in [-0.05, 0) is 25.2 Å². The van der Waals surface area contributed by atoms with Crippen LogP contribution in [0, 0.1) is 0 Å². The first-order valence-corrected chi connectivity index (χ1v) is 7.41. The summed E-state index contributed by atoms with van der Waals surface area (Å²) in [5.41, 5.74) is 5.96. The molecule has 0 spiro atoms. The van der Waals surface area contributed by atoms with Gasteiger partial charge in [0.15, 0.2) is 0 Å². The van der Waals surface area contributed by atoms with Crippen LogP contribution in [0.2, 0.25) is 5.02 Å². The second-order valence-corrected chi connectivity index (χ2v) is 6.20. The zero-order valence-corrected chi connectivity index (χ0v) is 11.8. The lowest BCUT2D eigenvalue weighted by atomic mass is 9.84. The molecule has 1 aromatic rings. The van der Waals surface area contributed by atoms with Gasteiger partial charge in [0.2, 0.25) is 0 Å². The van der Waals surface area contributed by atoms with Crippen LogP contribution in [0.3, 0.4) is 0 Å². The van der Waals surface area contributed by atoms with Gasteiger partial charge in [-0.2, -0.15) is 11.8 Å². The van der Waals surface area contributed by atoms with Crippen molar-refractivity contribution in [1.82, 2.24) is 10.3 Å². The highest BCUT2D eigenvalue weighted by atomic mass is 35.5. The monoisotopic (exact) mass is 285 g/mol. The minimum absolute atomic E-state index is 0.148. The first kappa shape index (κ1) is 13.5. The molecule has 0 saturated heterocycles. The molecule has 1 amide bonds. The highest BCUT2D eigenvalue weighted by Gasteiger charge is 2.36. The predicted octanol–water partition coefficient (Wildman–Crippen LogP) is 2.33. The lowest BCUT2D eigenvalue weighted by molar-refractivity contribution is 0.0943. The fraction of sp³-hybridized carbons (Fsp3) is 0.500. The van der Waals surface area contributed by atoms with Crippen molar-refractivity contribution in [1.29, 1.82) is 0 Å². The van der Waals surface area contributed by atoms with E-state index in [-0.39, 0.29) is 16.5 Å². The average Bonchev–Trinajstić information content (AvgIpc) is 2.31. The molecule has 0 radical (unpaired) electrons. The fourth-order valence-corrected chi connectivity index (χ4v) is 3.02. The van der Waals surface area contributed by atoms with Gasteiger partial charge in [0.05, 0.1) is 10.6 Å². The number of anilines is 1. The van der Waals surface area contributed by atoms with E-state index < -0.39 is 0 Å². The molecule has 98 valence electrons. The summed E-state index contributed by atoms with van der Waals surface area (Å²) >= 11 is 7.67. The van der Waals surface area contributed by atoms with Crippen molar-refractivity contribution in [3.05, 3.63) is 22.8 Å². The molecule has 0 bridgehead atoms. The van der Waals surface area contributed by atoms with E-state index in [0.717, 1.165) is 12.8 Å². The molecule has 1 aliphatic carbocycles. The number of hydrogen-bond acceptors (Lipinski definition) is 4. The molecule has 6 heteroatoms. The van der Waals surface area contributed by atoms with Crippen molar-refractivity contribution >= 4 is 35.1 Å². The molecule has 1 saturated carbocycles. The Morgan fingerprint density at radius 3 is 2.89 bits per heavy atom. The molecule has 1 fully saturated rings. The molecule has 4 nitrogen and oxygen atoms in total. The SMILES string of the molecule is CSC1(CNC(=O)c2cnc(N)c(Cl)c2)CCC1. The van der Waals surface area contributed by atoms with Crippen LogP contribution >= 0.6 is 23.4 Å². The molecule has 3 N–H and O–H groups in total. The third-order valence-electron chi connectivity index (χ3n) is 3.40. The van der Waals surface area contributed by atoms with Crippen molar-refractivity contribution in [3.8, 4) is 0 Å². The minimum Gasteiger partial charge on any atom is -0.382 e. The number of carbonyl (C=O) groups excluding carboxylic acids is 1. The summed E-state index contributed by atoms with van der Waals surface area (Å²) in [5, 5.41) is 3.25. The van der Waals surface area contributed by atoms with Crippen LogP contribution < -0.4 is 11.1 Å². The molecular weight excluding hydrogens is 270 g/mol. The van der Waals surface area contributed by atoms with E-state index in [0.29, 0.717) is 17.1 Å². The topological polar surface area (TPSA) is 68.0 Å². The number of nitrogens with two attached hydrogens (primary N) is 1. The van der Waals surface area contributed by atoms with E-state index in [1.54, 1.807) is 6.07 Å². The van der Waals surface area contributed by atoms with Crippen LogP contribution in [0.5, 0.6) is 0 Å². The van der Waals surface area contributed by atoms with Gasteiger partial charge in [0.1, 0.15) is 5.82 Å². The second kappa shape index (κ2) is 5.36. The van der Waals surface area contributed by atoms with Crippen molar-refractivity contribution in [3.63, 3.8) is 0 Å². The van der Waals surface area contributed by atoms with Crippen LogP contribution in [-0.2, 0) is 0 Å². The first-order chi connectivity index (χ1) is 8.56. The van der Waals surface area contributed by atoms with Gasteiger partial charge in [0, 0.05) is 17.5 Å². The number of nitrogens with zero attached hydrogens (tertiary/aromatic N) is 1. The normalized spacial score (nSPS) is 17.0. The van der Waals surface area contributed by atoms with Crippen LogP contribution in [0.15, 0.2) is 12.3 Å². The van der Waals surface area contributed by atoms with Gasteiger partial charge in [-0.3, -0.25) is 4.79 Å². The second-order valence-electron chi connectivity index (χ2n) is 4.51. The Morgan fingerprint density at radius 1 is 1.67 bits per heavy atom. The lowest BCUT2D eigenvalue weighted by Gasteiger charge is -2.40. The third-order valence-corrected chi connectivity index (χ3v) is 5.12. The van der Waals surface area contributed by atoms with E-state index in [1.807, 2.05) is 11.8 Å². The fourth-order valence-electron chi connectivity index (χ4n) is 1.94. The summed E-state index contributed by atoms with van der Waals surface area (Å²) in [5.74, 6) is 0.0949. The quantitative estimate of drug-likeness (QED) is 0.891. The summed E-state index contributed by atoms with van der Waals surface area (Å²) in [6.07, 6.45) is 7.10. The number of pyridine rings is 1. The molecule has 0 aromatic carbocycles. The first-order valence-electron chi connectivity index (χ1n) is 5.81. The Morgan fingerprint density at radius 2 is 2.39 bits per heavy atom. The van der Waals surface area contributed by atoms with Crippen LogP contribution in [0.4, 0.5) is 5.82 Å². The number of nitrogen functional groups attached to an aromatic ring is 1. The average molecular weight is 286 g/mol. The van der Waals surface area contributed by atoms with E-state index >= 15 is 0 Å². The maximum absolute atomic E-state index is 12.0. The Kier molecular flexibility index (Phi) is 4.02. The predicted molar refractivity (Wildman–Crippen MR) is 76.1 cm³/mol. The molecule has 18 heavy (non-hydrogen) atoms. The Balaban J connectivity index is 1.97. The number of aromatic nitrogens is 1. The maximum Gasteiger partial charge on any atom is 0.252 e. The number of nitrogens with one attached hydrogen (secondary N) is 1. The summed E-state index contributed by atoms with van der Waals surface area (Å²) in [7, 11) is 0. The van der Waals surface area contributed by atoms with Crippen LogP contribution in [0.25, 0.3) is 0 Å². The lowest BCUT2D eigenvalue weighted by Crippen LogP contribution is -2.45. The highest BCUT2D eigenvalue weighted by Crippen LogP contribution is 2.42. The summed E-state index contributed by atoms with van der Waals surface area (Å²) in [6.45, 7) is 0.689. The maximum atomic E-state index is 12.0. The Labute approximate surface area is 116 Å². The molecule has 2 rings (SSSR count). The van der Waals surface area contributed by atoms with E-state index in [9.17, 15) is 4.79 Å². The molecule has 0 atom stereocenters. The smallest absolute Gasteiger partial charge is 0.252 e. The largest absolute Gasteiger partial charge is 0.382 e. The summed E-state index contributed by atoms with van der Waals surface area (Å²) < 4.78 is 0.223. The van der Waals surface area contributed by atoms with Crippen LogP contribution in [-0.4, -0.2) is 28.4 Å². The Hall–Kier alpha value is -0.940. The summed E-state index contributed by atoms with van der Waals surface area (Å²) in [4.78, 5) is 15.8. The van der Waals surface area contributed by atoms with E-state index in [1.165, 1.54) is 12.6 Å².